The van der Waals surface area contributed by atoms with Gasteiger partial charge in [-0.1, -0.05) is 0 Å². The summed E-state index contributed by atoms with van der Waals surface area (Å²) in [5, 5.41) is 0. The minimum absolute atomic E-state index is 0.260. The molecule has 0 fully saturated rings. The third kappa shape index (κ3) is 4.08. The highest BCUT2D eigenvalue weighted by atomic mass is 16.6. The van der Waals surface area contributed by atoms with Crippen LogP contribution in [0.5, 0.6) is 0 Å². The number of carbonyl (C=O) groups excluding carboxylic acids is 1. The van der Waals surface area contributed by atoms with E-state index in [0.717, 1.165) is 0 Å². The molecular formula is C14H12N2O2. The molecule has 0 aliphatic rings. The van der Waals surface area contributed by atoms with E-state index in [1.54, 1.807) is 20.8 Å². The van der Waals surface area contributed by atoms with Crippen LogP contribution in [0.4, 0.5) is 4.79 Å². The maximum Gasteiger partial charge on any atom is 0.420 e. The third-order valence-corrected chi connectivity index (χ3v) is 1.60. The van der Waals surface area contributed by atoms with E-state index in [2.05, 4.69) is 34.6 Å². The Kier molecular flexibility index (Phi) is 4.19. The van der Waals surface area contributed by atoms with Crippen molar-refractivity contribution in [3.8, 4) is 36.0 Å². The number of rotatable bonds is 0. The zero-order valence-electron chi connectivity index (χ0n) is 10.4. The first-order valence-corrected chi connectivity index (χ1v) is 5.17. The Morgan fingerprint density at radius 2 is 2.11 bits per heavy atom. The molecule has 0 atom stereocenters. The minimum atomic E-state index is -0.574. The van der Waals surface area contributed by atoms with Gasteiger partial charge in [0, 0.05) is 12.4 Å². The van der Waals surface area contributed by atoms with Gasteiger partial charge in [-0.25, -0.2) is 14.3 Å². The lowest BCUT2D eigenvalue weighted by atomic mass is 10.2. The molecule has 0 N–H and O–H groups in total. The fraction of sp³-hybridized carbons (Fsp3) is 0.286. The maximum absolute atomic E-state index is 11.8. The highest BCUT2D eigenvalue weighted by molar-refractivity contribution is 5.72. The Morgan fingerprint density at radius 1 is 1.39 bits per heavy atom. The van der Waals surface area contributed by atoms with Crippen molar-refractivity contribution in [1.82, 2.24) is 9.55 Å². The monoisotopic (exact) mass is 240 g/mol. The summed E-state index contributed by atoms with van der Waals surface area (Å²) in [5.41, 5.74) is -0.574. The van der Waals surface area contributed by atoms with Crippen molar-refractivity contribution in [1.29, 1.82) is 0 Å². The van der Waals surface area contributed by atoms with Crippen LogP contribution < -0.4 is 0 Å². The fourth-order valence-corrected chi connectivity index (χ4v) is 1.01. The number of hydrogen-bond donors (Lipinski definition) is 0. The minimum Gasteiger partial charge on any atom is -0.443 e. The molecule has 0 amide bonds. The van der Waals surface area contributed by atoms with Crippen molar-refractivity contribution in [2.24, 2.45) is 0 Å². The first-order chi connectivity index (χ1) is 8.44. The molecule has 18 heavy (non-hydrogen) atoms. The summed E-state index contributed by atoms with van der Waals surface area (Å²) in [5.74, 6) is 12.3. The zero-order chi connectivity index (χ0) is 13.6. The molecule has 1 aromatic rings. The van der Waals surface area contributed by atoms with E-state index in [0.29, 0.717) is 0 Å². The number of carbonyl (C=O) groups is 1. The summed E-state index contributed by atoms with van der Waals surface area (Å²) < 4.78 is 6.42. The van der Waals surface area contributed by atoms with Crippen LogP contribution in [-0.4, -0.2) is 21.2 Å². The van der Waals surface area contributed by atoms with Gasteiger partial charge in [-0.2, -0.15) is 0 Å². The largest absolute Gasteiger partial charge is 0.443 e. The topological polar surface area (TPSA) is 44.1 Å². The molecule has 1 heterocycles. The molecule has 0 saturated carbocycles. The number of imidazole rings is 1. The second-order valence-corrected chi connectivity index (χ2v) is 4.25. The summed E-state index contributed by atoms with van der Waals surface area (Å²) in [6.45, 7) is 5.35. The number of terminal acetylenes is 1. The van der Waals surface area contributed by atoms with Crippen LogP contribution in [0, 0.1) is 36.0 Å². The summed E-state index contributed by atoms with van der Waals surface area (Å²) in [4.78, 5) is 15.7. The van der Waals surface area contributed by atoms with E-state index in [1.165, 1.54) is 17.0 Å². The van der Waals surface area contributed by atoms with Crippen LogP contribution >= 0.6 is 0 Å². The van der Waals surface area contributed by atoms with Gasteiger partial charge in [-0.3, -0.25) is 0 Å². The first-order valence-electron chi connectivity index (χ1n) is 5.17. The lowest BCUT2D eigenvalue weighted by Gasteiger charge is -2.19. The van der Waals surface area contributed by atoms with E-state index < -0.39 is 11.7 Å². The molecule has 0 radical (unpaired) electrons. The van der Waals surface area contributed by atoms with Gasteiger partial charge < -0.3 is 4.74 Å². The highest BCUT2D eigenvalue weighted by Crippen LogP contribution is 2.09. The SMILES string of the molecule is C#CC#CC#Cc1nccn1C(=O)OC(C)(C)C. The molecule has 4 nitrogen and oxygen atoms in total. The van der Waals surface area contributed by atoms with Gasteiger partial charge in [0.05, 0.1) is 0 Å². The van der Waals surface area contributed by atoms with Crippen LogP contribution in [0.3, 0.4) is 0 Å². The maximum atomic E-state index is 11.8. The van der Waals surface area contributed by atoms with Crippen LogP contribution in [-0.2, 0) is 4.74 Å². The Bertz CT molecular complexity index is 604. The van der Waals surface area contributed by atoms with Crippen molar-refractivity contribution in [2.75, 3.05) is 0 Å². The van der Waals surface area contributed by atoms with Crippen LogP contribution in [0.25, 0.3) is 0 Å². The Labute approximate surface area is 106 Å². The Hall–Kier alpha value is -2.64. The summed E-state index contributed by atoms with van der Waals surface area (Å²) in [6, 6.07) is 0. The predicted molar refractivity (Wildman–Crippen MR) is 67.3 cm³/mol. The number of nitrogens with zero attached hydrogens (tertiary/aromatic N) is 2. The average molecular weight is 240 g/mol. The molecule has 1 rings (SSSR count). The van der Waals surface area contributed by atoms with Gasteiger partial charge in [0.25, 0.3) is 0 Å². The summed E-state index contributed by atoms with van der Waals surface area (Å²) >= 11 is 0. The fourth-order valence-electron chi connectivity index (χ4n) is 1.01. The molecule has 0 aliphatic heterocycles. The standard InChI is InChI=1S/C14H12N2O2/c1-5-6-7-8-9-12-15-10-11-16(12)13(17)18-14(2,3)4/h1,10-11H,2-4H3. The second kappa shape index (κ2) is 5.62. The lowest BCUT2D eigenvalue weighted by molar-refractivity contribution is 0.0535. The molecule has 0 saturated heterocycles. The average Bonchev–Trinajstić information content (AvgIpc) is 2.70. The normalized spacial score (nSPS) is 9.22. The van der Waals surface area contributed by atoms with Gasteiger partial charge in [-0.15, -0.1) is 6.42 Å². The summed E-state index contributed by atoms with van der Waals surface area (Å²) in [6.07, 6.45) is 7.36. The van der Waals surface area contributed by atoms with Crippen LogP contribution in [0.1, 0.15) is 26.6 Å². The van der Waals surface area contributed by atoms with Crippen molar-refractivity contribution in [3.63, 3.8) is 0 Å². The molecule has 4 heteroatoms. The molecule has 1 aromatic heterocycles. The van der Waals surface area contributed by atoms with Crippen LogP contribution in [0.15, 0.2) is 12.4 Å². The van der Waals surface area contributed by atoms with Crippen LogP contribution in [0.2, 0.25) is 0 Å². The summed E-state index contributed by atoms with van der Waals surface area (Å²) in [7, 11) is 0. The zero-order valence-corrected chi connectivity index (χ0v) is 10.4. The van der Waals surface area contributed by atoms with Gasteiger partial charge >= 0.3 is 6.09 Å². The van der Waals surface area contributed by atoms with E-state index in [-0.39, 0.29) is 5.82 Å². The van der Waals surface area contributed by atoms with E-state index >= 15 is 0 Å². The number of hydrogen-bond acceptors (Lipinski definition) is 3. The van der Waals surface area contributed by atoms with E-state index in [1.807, 2.05) is 0 Å². The second-order valence-electron chi connectivity index (χ2n) is 4.25. The van der Waals surface area contributed by atoms with Crippen molar-refractivity contribution in [3.05, 3.63) is 18.2 Å². The molecular weight excluding hydrogens is 228 g/mol. The van der Waals surface area contributed by atoms with Gasteiger partial charge in [0.2, 0.25) is 0 Å². The van der Waals surface area contributed by atoms with Crippen molar-refractivity contribution in [2.45, 2.75) is 26.4 Å². The molecule has 0 unspecified atom stereocenters. The van der Waals surface area contributed by atoms with Gasteiger partial charge in [-0.05, 0) is 50.4 Å². The number of aromatic nitrogens is 2. The van der Waals surface area contributed by atoms with Crippen molar-refractivity contribution >= 4 is 6.09 Å². The lowest BCUT2D eigenvalue weighted by Crippen LogP contribution is -2.27. The number of ether oxygens (including phenoxy) is 1. The Balaban J connectivity index is 2.92. The quantitative estimate of drug-likeness (QED) is 0.648. The van der Waals surface area contributed by atoms with Crippen molar-refractivity contribution < 1.29 is 9.53 Å². The first kappa shape index (κ1) is 13.4. The molecule has 90 valence electrons. The molecule has 0 spiro atoms. The smallest absolute Gasteiger partial charge is 0.420 e. The van der Waals surface area contributed by atoms with Gasteiger partial charge in [0.15, 0.2) is 5.82 Å². The highest BCUT2D eigenvalue weighted by Gasteiger charge is 2.19. The van der Waals surface area contributed by atoms with E-state index in [9.17, 15) is 4.79 Å². The van der Waals surface area contributed by atoms with Gasteiger partial charge in [0.1, 0.15) is 5.60 Å². The molecule has 0 bridgehead atoms. The predicted octanol–water partition coefficient (Wildman–Crippen LogP) is 1.65. The molecule has 0 aliphatic carbocycles. The Morgan fingerprint density at radius 3 is 2.72 bits per heavy atom. The molecule has 0 aromatic carbocycles. The van der Waals surface area contributed by atoms with E-state index in [4.69, 9.17) is 11.2 Å². The third-order valence-electron chi connectivity index (χ3n) is 1.60.